The number of nitrogens with one attached hydrogen (secondary N) is 2. The number of carbonyl (C=O) groups excluding carboxylic acids is 1. The van der Waals surface area contributed by atoms with Crippen molar-refractivity contribution in [3.05, 3.63) is 142 Å². The van der Waals surface area contributed by atoms with E-state index in [0.717, 1.165) is 33.6 Å². The minimum Gasteiger partial charge on any atom is -0.487 e. The van der Waals surface area contributed by atoms with Gasteiger partial charge in [-0.25, -0.2) is 9.67 Å². The van der Waals surface area contributed by atoms with Crippen LogP contribution in [0.2, 0.25) is 5.02 Å². The highest BCUT2D eigenvalue weighted by molar-refractivity contribution is 6.31. The molecule has 0 fully saturated rings. The maximum Gasteiger partial charge on any atom is 0.255 e. The van der Waals surface area contributed by atoms with E-state index in [1.165, 1.54) is 0 Å². The number of benzene rings is 4. The molecule has 44 heavy (non-hydrogen) atoms. The first-order chi connectivity index (χ1) is 21.5. The summed E-state index contributed by atoms with van der Waals surface area (Å²) in [5, 5.41) is 15.4. The molecule has 7 rings (SSSR count). The van der Waals surface area contributed by atoms with Crippen LogP contribution in [0.4, 0.5) is 11.6 Å². The van der Waals surface area contributed by atoms with E-state index in [0.29, 0.717) is 34.5 Å². The van der Waals surface area contributed by atoms with E-state index in [1.54, 1.807) is 22.9 Å². The van der Waals surface area contributed by atoms with E-state index >= 15 is 0 Å². The van der Waals surface area contributed by atoms with Gasteiger partial charge in [0.2, 0.25) is 5.95 Å². The summed E-state index contributed by atoms with van der Waals surface area (Å²) in [4.78, 5) is 18.7. The predicted octanol–water partition coefficient (Wildman–Crippen LogP) is 6.84. The summed E-state index contributed by atoms with van der Waals surface area (Å²) < 4.78 is 9.92. The SMILES string of the molecule is CC1=C(C(=O)Nc2cccc(Cl)c2)C(c2ccc(OCc3cn(Cc4ccccc4)nn3)cc2)n2c(nc3ccccc32)N1. The number of hydrogen-bond acceptors (Lipinski definition) is 6. The van der Waals surface area contributed by atoms with Crippen molar-refractivity contribution in [3.8, 4) is 5.75 Å². The molecule has 0 spiro atoms. The number of amides is 1. The van der Waals surface area contributed by atoms with Gasteiger partial charge in [-0.3, -0.25) is 9.36 Å². The average molecular weight is 602 g/mol. The highest BCUT2D eigenvalue weighted by Gasteiger charge is 2.34. The van der Waals surface area contributed by atoms with E-state index in [9.17, 15) is 4.79 Å². The van der Waals surface area contributed by atoms with E-state index < -0.39 is 6.04 Å². The van der Waals surface area contributed by atoms with Crippen LogP contribution in [0.1, 0.15) is 29.8 Å². The van der Waals surface area contributed by atoms with Crippen molar-refractivity contribution in [1.82, 2.24) is 24.5 Å². The van der Waals surface area contributed by atoms with Gasteiger partial charge in [0.15, 0.2) is 0 Å². The molecule has 4 aromatic carbocycles. The zero-order valence-electron chi connectivity index (χ0n) is 23.8. The highest BCUT2D eigenvalue weighted by Crippen LogP contribution is 2.40. The maximum absolute atomic E-state index is 13.9. The van der Waals surface area contributed by atoms with Crippen LogP contribution in [-0.2, 0) is 17.9 Å². The molecule has 218 valence electrons. The Labute approximate surface area is 258 Å². The molecule has 0 radical (unpaired) electrons. The van der Waals surface area contributed by atoms with Crippen LogP contribution in [0.5, 0.6) is 5.75 Å². The number of anilines is 2. The molecule has 3 heterocycles. The molecule has 0 saturated heterocycles. The summed E-state index contributed by atoms with van der Waals surface area (Å²) in [6, 6.07) is 32.5. The molecular formula is C34H28ClN7O2. The smallest absolute Gasteiger partial charge is 0.255 e. The number of rotatable bonds is 8. The van der Waals surface area contributed by atoms with Crippen molar-refractivity contribution >= 4 is 40.2 Å². The molecule has 0 aliphatic carbocycles. The van der Waals surface area contributed by atoms with Crippen LogP contribution < -0.4 is 15.4 Å². The number of allylic oxidation sites excluding steroid dienone is 1. The van der Waals surface area contributed by atoms with E-state index in [4.69, 9.17) is 21.3 Å². The Kier molecular flexibility index (Phi) is 7.29. The number of nitrogens with zero attached hydrogens (tertiary/aromatic N) is 5. The Morgan fingerprint density at radius 3 is 2.59 bits per heavy atom. The second-order valence-electron chi connectivity index (χ2n) is 10.6. The van der Waals surface area contributed by atoms with Gasteiger partial charge >= 0.3 is 0 Å². The number of hydrogen-bond donors (Lipinski definition) is 2. The molecule has 2 N–H and O–H groups in total. The van der Waals surface area contributed by atoms with Crippen LogP contribution in [0.25, 0.3) is 11.0 Å². The number of fused-ring (bicyclic) bond motifs is 3. The highest BCUT2D eigenvalue weighted by atomic mass is 35.5. The summed E-state index contributed by atoms with van der Waals surface area (Å²) in [5.74, 6) is 1.12. The lowest BCUT2D eigenvalue weighted by molar-refractivity contribution is -0.113. The Morgan fingerprint density at radius 1 is 0.977 bits per heavy atom. The third-order valence-corrected chi connectivity index (χ3v) is 7.75. The molecule has 6 aromatic rings. The molecular weight excluding hydrogens is 574 g/mol. The van der Waals surface area contributed by atoms with Crippen LogP contribution in [0, 0.1) is 0 Å². The molecule has 1 aliphatic heterocycles. The second-order valence-corrected chi connectivity index (χ2v) is 11.0. The maximum atomic E-state index is 13.9. The minimum absolute atomic E-state index is 0.232. The zero-order chi connectivity index (χ0) is 30.0. The lowest BCUT2D eigenvalue weighted by Gasteiger charge is -2.30. The number of ether oxygens (including phenoxy) is 1. The normalized spacial score (nSPS) is 14.3. The standard InChI is InChI=1S/C34H28ClN7O2/c1-22-31(33(43)37-26-11-7-10-25(35)18-26)32(42-30-13-6-5-12-29(30)38-34(42)36-22)24-14-16-28(17-15-24)44-21-27-20-41(40-39-27)19-23-8-3-2-4-9-23/h2-18,20,32H,19,21H2,1H3,(H,36,38)(H,37,43). The number of para-hydroxylation sites is 2. The number of imidazole rings is 1. The molecule has 10 heteroatoms. The molecule has 2 aromatic heterocycles. The summed E-state index contributed by atoms with van der Waals surface area (Å²) in [7, 11) is 0. The molecule has 1 unspecified atom stereocenters. The summed E-state index contributed by atoms with van der Waals surface area (Å²) in [5.41, 5.74) is 6.46. The second kappa shape index (κ2) is 11.7. The monoisotopic (exact) mass is 601 g/mol. The Balaban J connectivity index is 1.15. The van der Waals surface area contributed by atoms with E-state index in [2.05, 4.69) is 37.6 Å². The van der Waals surface area contributed by atoms with Crippen molar-refractivity contribution in [2.45, 2.75) is 26.1 Å². The lowest BCUT2D eigenvalue weighted by atomic mass is 9.94. The van der Waals surface area contributed by atoms with Crippen LogP contribution in [0.15, 0.2) is 121 Å². The van der Waals surface area contributed by atoms with Gasteiger partial charge in [0.05, 0.1) is 35.4 Å². The molecule has 1 aliphatic rings. The van der Waals surface area contributed by atoms with Crippen LogP contribution >= 0.6 is 11.6 Å². The van der Waals surface area contributed by atoms with Crippen LogP contribution in [-0.4, -0.2) is 30.5 Å². The average Bonchev–Trinajstić information content (AvgIpc) is 3.64. The molecule has 1 atom stereocenters. The fourth-order valence-corrected chi connectivity index (χ4v) is 5.68. The summed E-state index contributed by atoms with van der Waals surface area (Å²) in [6.45, 7) is 2.82. The largest absolute Gasteiger partial charge is 0.487 e. The molecule has 9 nitrogen and oxygen atoms in total. The molecule has 0 bridgehead atoms. The van der Waals surface area contributed by atoms with Gasteiger partial charge in [-0.1, -0.05) is 77.5 Å². The fourth-order valence-electron chi connectivity index (χ4n) is 5.49. The van der Waals surface area contributed by atoms with Crippen molar-refractivity contribution in [2.24, 2.45) is 0 Å². The van der Waals surface area contributed by atoms with Gasteiger partial charge in [0.25, 0.3) is 5.91 Å². The summed E-state index contributed by atoms with van der Waals surface area (Å²) >= 11 is 6.19. The van der Waals surface area contributed by atoms with Crippen molar-refractivity contribution in [3.63, 3.8) is 0 Å². The lowest BCUT2D eigenvalue weighted by Crippen LogP contribution is -2.30. The van der Waals surface area contributed by atoms with Gasteiger partial charge in [-0.2, -0.15) is 0 Å². The Hall–Kier alpha value is -5.41. The Morgan fingerprint density at radius 2 is 1.77 bits per heavy atom. The quantitative estimate of drug-likeness (QED) is 0.198. The van der Waals surface area contributed by atoms with Crippen LogP contribution in [0.3, 0.4) is 0 Å². The zero-order valence-corrected chi connectivity index (χ0v) is 24.6. The van der Waals surface area contributed by atoms with Gasteiger partial charge in [0, 0.05) is 16.4 Å². The molecule has 0 saturated carbocycles. The number of halogens is 1. The fraction of sp³-hybridized carbons (Fsp3) is 0.118. The van der Waals surface area contributed by atoms with E-state index in [1.807, 2.05) is 85.9 Å². The number of carbonyl (C=O) groups is 1. The van der Waals surface area contributed by atoms with E-state index in [-0.39, 0.29) is 12.5 Å². The first kappa shape index (κ1) is 27.4. The third-order valence-electron chi connectivity index (χ3n) is 7.51. The Bertz CT molecular complexity index is 2000. The number of aromatic nitrogens is 5. The van der Waals surface area contributed by atoms with Gasteiger partial charge < -0.3 is 15.4 Å². The first-order valence-electron chi connectivity index (χ1n) is 14.2. The topological polar surface area (TPSA) is 98.9 Å². The minimum atomic E-state index is -0.440. The van der Waals surface area contributed by atoms with Crippen molar-refractivity contribution in [1.29, 1.82) is 0 Å². The summed E-state index contributed by atoms with van der Waals surface area (Å²) in [6.07, 6.45) is 1.89. The molecule has 1 amide bonds. The first-order valence-corrected chi connectivity index (χ1v) is 14.6. The van der Waals surface area contributed by atoms with Gasteiger partial charge in [-0.15, -0.1) is 5.10 Å². The van der Waals surface area contributed by atoms with Crippen molar-refractivity contribution < 1.29 is 9.53 Å². The van der Waals surface area contributed by atoms with Gasteiger partial charge in [-0.05, 0) is 60.5 Å². The van der Waals surface area contributed by atoms with Crippen molar-refractivity contribution in [2.75, 3.05) is 10.6 Å². The van der Waals surface area contributed by atoms with Gasteiger partial charge in [0.1, 0.15) is 18.1 Å². The predicted molar refractivity (Wildman–Crippen MR) is 171 cm³/mol. The third kappa shape index (κ3) is 5.52.